The van der Waals surface area contributed by atoms with Crippen LogP contribution in [-0.4, -0.2) is 57.3 Å². The molecular weight excluding hydrogens is 416 g/mol. The molecule has 0 bridgehead atoms. The molecule has 2 amide bonds. The molecule has 4 heterocycles. The molecule has 1 aromatic heterocycles. The summed E-state index contributed by atoms with van der Waals surface area (Å²) in [5.74, 6) is 1.11. The average Bonchev–Trinajstić information content (AvgIpc) is 2.85. The molecule has 1 aromatic carbocycles. The molecule has 3 aliphatic rings. The monoisotopic (exact) mass is 450 g/mol. The van der Waals surface area contributed by atoms with Crippen molar-refractivity contribution in [3.63, 3.8) is 0 Å². The molecule has 7 nitrogen and oxygen atoms in total. The van der Waals surface area contributed by atoms with E-state index in [0.717, 1.165) is 76.8 Å². The van der Waals surface area contributed by atoms with E-state index in [0.29, 0.717) is 29.6 Å². The first kappa shape index (κ1) is 22.1. The fourth-order valence-corrected chi connectivity index (χ4v) is 5.61. The van der Waals surface area contributed by atoms with Gasteiger partial charge in [-0.1, -0.05) is 12.8 Å². The second-order valence-corrected chi connectivity index (χ2v) is 9.83. The molecule has 0 N–H and O–H groups in total. The molecule has 0 unspecified atom stereocenters. The summed E-state index contributed by atoms with van der Waals surface area (Å²) < 4.78 is 1.83. The molecule has 2 fully saturated rings. The Morgan fingerprint density at radius 1 is 0.818 bits per heavy atom. The second-order valence-electron chi connectivity index (χ2n) is 9.83. The molecule has 2 aromatic rings. The number of aryl methyl sites for hydroxylation is 1. The van der Waals surface area contributed by atoms with Crippen LogP contribution in [0.2, 0.25) is 0 Å². The van der Waals surface area contributed by atoms with Crippen molar-refractivity contribution in [2.45, 2.75) is 70.8 Å². The summed E-state index contributed by atoms with van der Waals surface area (Å²) >= 11 is 0. The van der Waals surface area contributed by atoms with Gasteiger partial charge < -0.3 is 9.80 Å². The minimum atomic E-state index is -0.0329. The van der Waals surface area contributed by atoms with Gasteiger partial charge in [-0.25, -0.2) is 4.98 Å². The lowest BCUT2D eigenvalue weighted by molar-refractivity contribution is -0.137. The van der Waals surface area contributed by atoms with E-state index < -0.39 is 0 Å². The van der Waals surface area contributed by atoms with Crippen LogP contribution in [-0.2, 0) is 17.8 Å². The van der Waals surface area contributed by atoms with Crippen molar-refractivity contribution in [1.82, 2.24) is 19.4 Å². The number of carbonyl (C=O) groups is 2. The van der Waals surface area contributed by atoms with Crippen molar-refractivity contribution in [3.8, 4) is 0 Å². The highest BCUT2D eigenvalue weighted by Gasteiger charge is 2.31. The number of rotatable bonds is 2. The van der Waals surface area contributed by atoms with Gasteiger partial charge in [0.15, 0.2) is 0 Å². The fraction of sp³-hybridized carbons (Fsp3) is 0.615. The van der Waals surface area contributed by atoms with Gasteiger partial charge in [0.1, 0.15) is 5.82 Å². The van der Waals surface area contributed by atoms with Gasteiger partial charge in [-0.15, -0.1) is 0 Å². The van der Waals surface area contributed by atoms with E-state index in [-0.39, 0.29) is 23.3 Å². The van der Waals surface area contributed by atoms with Gasteiger partial charge in [0, 0.05) is 50.6 Å². The van der Waals surface area contributed by atoms with Crippen molar-refractivity contribution in [3.05, 3.63) is 39.9 Å². The zero-order valence-corrected chi connectivity index (χ0v) is 19.4. The summed E-state index contributed by atoms with van der Waals surface area (Å²) in [5, 5.41) is 0.585. The molecule has 2 saturated heterocycles. The number of benzene rings is 1. The second kappa shape index (κ2) is 9.65. The predicted octanol–water partition coefficient (Wildman–Crippen LogP) is 3.38. The van der Waals surface area contributed by atoms with Gasteiger partial charge in [0.25, 0.3) is 11.5 Å². The topological polar surface area (TPSA) is 75.5 Å². The molecule has 176 valence electrons. The largest absolute Gasteiger partial charge is 0.342 e. The van der Waals surface area contributed by atoms with Gasteiger partial charge in [-0.05, 0) is 63.1 Å². The summed E-state index contributed by atoms with van der Waals surface area (Å²) in [4.78, 5) is 47.7. The lowest BCUT2D eigenvalue weighted by Gasteiger charge is -2.35. The van der Waals surface area contributed by atoms with E-state index >= 15 is 0 Å². The first-order valence-electron chi connectivity index (χ1n) is 12.7. The zero-order valence-electron chi connectivity index (χ0n) is 19.4. The third kappa shape index (κ3) is 4.55. The summed E-state index contributed by atoms with van der Waals surface area (Å²) in [7, 11) is 0. The highest BCUT2D eigenvalue weighted by molar-refractivity contribution is 5.97. The van der Waals surface area contributed by atoms with Crippen molar-refractivity contribution in [1.29, 1.82) is 0 Å². The summed E-state index contributed by atoms with van der Waals surface area (Å²) in [6.45, 7) is 3.68. The highest BCUT2D eigenvalue weighted by atomic mass is 16.2. The molecule has 5 rings (SSSR count). The Kier molecular flexibility index (Phi) is 6.47. The van der Waals surface area contributed by atoms with E-state index in [1.807, 2.05) is 14.4 Å². The number of likely N-dealkylation sites (tertiary alicyclic amines) is 2. The number of amides is 2. The Morgan fingerprint density at radius 2 is 1.52 bits per heavy atom. The highest BCUT2D eigenvalue weighted by Crippen LogP contribution is 2.24. The van der Waals surface area contributed by atoms with Crippen LogP contribution < -0.4 is 5.56 Å². The van der Waals surface area contributed by atoms with E-state index in [4.69, 9.17) is 4.98 Å². The maximum absolute atomic E-state index is 13.2. The minimum absolute atomic E-state index is 0.00735. The van der Waals surface area contributed by atoms with Crippen LogP contribution in [0, 0.1) is 5.92 Å². The molecule has 33 heavy (non-hydrogen) atoms. The Balaban J connectivity index is 1.30. The molecule has 7 heteroatoms. The van der Waals surface area contributed by atoms with Gasteiger partial charge in [0.05, 0.1) is 10.9 Å². The fourth-order valence-electron chi connectivity index (χ4n) is 5.61. The van der Waals surface area contributed by atoms with E-state index in [1.165, 1.54) is 12.8 Å². The summed E-state index contributed by atoms with van der Waals surface area (Å²) in [5.41, 5.74) is 1.20. The first-order valence-corrected chi connectivity index (χ1v) is 12.7. The summed E-state index contributed by atoms with van der Waals surface area (Å²) in [6.07, 6.45) is 10.0. The quantitative estimate of drug-likeness (QED) is 0.703. The molecule has 0 aliphatic carbocycles. The zero-order chi connectivity index (χ0) is 22.8. The standard InChI is InChI=1S/C26H34N4O3/c31-24(28-13-5-3-6-14-28)19-11-16-29(17-12-19)25(32)20-9-10-21-22(18-20)27-23-8-4-1-2-7-15-30(23)26(21)33/h9-10,18-19H,1-8,11-17H2. The average molecular weight is 451 g/mol. The van der Waals surface area contributed by atoms with E-state index in [2.05, 4.69) is 0 Å². The molecule has 0 saturated carbocycles. The molecule has 3 aliphatic heterocycles. The number of fused-ring (bicyclic) bond motifs is 2. The lowest BCUT2D eigenvalue weighted by Crippen LogP contribution is -2.45. The van der Waals surface area contributed by atoms with Gasteiger partial charge in [0.2, 0.25) is 5.91 Å². The Labute approximate surface area is 194 Å². The Hall–Kier alpha value is -2.70. The number of nitrogens with zero attached hydrogens (tertiary/aromatic N) is 4. The normalized spacial score (nSPS) is 20.2. The van der Waals surface area contributed by atoms with E-state index in [9.17, 15) is 14.4 Å². The van der Waals surface area contributed by atoms with Crippen molar-refractivity contribution >= 4 is 22.7 Å². The van der Waals surface area contributed by atoms with Gasteiger partial charge in [-0.3, -0.25) is 19.0 Å². The van der Waals surface area contributed by atoms with Crippen LogP contribution in [0.3, 0.4) is 0 Å². The maximum atomic E-state index is 13.2. The third-order valence-electron chi connectivity index (χ3n) is 7.61. The van der Waals surface area contributed by atoms with Crippen molar-refractivity contribution < 1.29 is 9.59 Å². The SMILES string of the molecule is O=C(c1ccc2c(=O)n3c(nc2c1)CCCCCC3)N1CCC(C(=O)N2CCCCC2)CC1. The predicted molar refractivity (Wildman–Crippen MR) is 127 cm³/mol. The number of carbonyl (C=O) groups excluding carboxylic acids is 2. The third-order valence-corrected chi connectivity index (χ3v) is 7.61. The van der Waals surface area contributed by atoms with E-state index in [1.54, 1.807) is 18.2 Å². The molecule has 0 radical (unpaired) electrons. The van der Waals surface area contributed by atoms with Gasteiger partial charge in [-0.2, -0.15) is 0 Å². The molecule has 0 spiro atoms. The smallest absolute Gasteiger partial charge is 0.261 e. The summed E-state index contributed by atoms with van der Waals surface area (Å²) in [6, 6.07) is 5.30. The van der Waals surface area contributed by atoms with Crippen LogP contribution in [0.25, 0.3) is 10.9 Å². The Morgan fingerprint density at radius 3 is 2.30 bits per heavy atom. The van der Waals surface area contributed by atoms with Crippen LogP contribution in [0.5, 0.6) is 0 Å². The van der Waals surface area contributed by atoms with Crippen LogP contribution in [0.1, 0.15) is 74.0 Å². The first-order chi connectivity index (χ1) is 16.1. The molecule has 0 atom stereocenters. The maximum Gasteiger partial charge on any atom is 0.261 e. The molecular formula is C26H34N4O3. The van der Waals surface area contributed by atoms with Crippen molar-refractivity contribution in [2.75, 3.05) is 26.2 Å². The number of aromatic nitrogens is 2. The minimum Gasteiger partial charge on any atom is -0.342 e. The van der Waals surface area contributed by atoms with Crippen LogP contribution in [0.4, 0.5) is 0 Å². The number of piperidine rings is 2. The number of hydrogen-bond donors (Lipinski definition) is 0. The number of hydrogen-bond acceptors (Lipinski definition) is 4. The van der Waals surface area contributed by atoms with Crippen molar-refractivity contribution in [2.24, 2.45) is 5.92 Å². The van der Waals surface area contributed by atoms with Gasteiger partial charge >= 0.3 is 0 Å². The Bertz CT molecular complexity index is 1090. The lowest BCUT2D eigenvalue weighted by atomic mass is 9.94. The van der Waals surface area contributed by atoms with Crippen LogP contribution >= 0.6 is 0 Å². The van der Waals surface area contributed by atoms with Crippen LogP contribution in [0.15, 0.2) is 23.0 Å².